The number of hydrogen-bond acceptors (Lipinski definition) is 6. The molecule has 0 radical (unpaired) electrons. The van der Waals surface area contributed by atoms with Crippen molar-refractivity contribution in [2.24, 2.45) is 0 Å². The molecule has 0 fully saturated rings. The Morgan fingerprint density at radius 2 is 1.83 bits per heavy atom. The molecule has 6 nitrogen and oxygen atoms in total. The molecule has 3 aromatic rings. The van der Waals surface area contributed by atoms with Crippen molar-refractivity contribution in [3.63, 3.8) is 0 Å². The highest BCUT2D eigenvalue weighted by Crippen LogP contribution is 2.32. The summed E-state index contributed by atoms with van der Waals surface area (Å²) in [5, 5.41) is 17.1. The van der Waals surface area contributed by atoms with Crippen LogP contribution in [0.2, 0.25) is 0 Å². The van der Waals surface area contributed by atoms with Crippen molar-refractivity contribution < 1.29 is 22.6 Å². The van der Waals surface area contributed by atoms with E-state index in [-0.39, 0.29) is 12.3 Å². The zero-order chi connectivity index (χ0) is 21.7. The van der Waals surface area contributed by atoms with Crippen LogP contribution in [0, 0.1) is 11.3 Å². The van der Waals surface area contributed by atoms with Gasteiger partial charge >= 0.3 is 6.18 Å². The minimum Gasteiger partial charge on any atom is -0.497 e. The van der Waals surface area contributed by atoms with Crippen molar-refractivity contribution in [2.75, 3.05) is 7.11 Å². The van der Waals surface area contributed by atoms with Gasteiger partial charge in [0.2, 0.25) is 0 Å². The largest absolute Gasteiger partial charge is 0.497 e. The molecule has 0 aliphatic rings. The molecule has 0 bridgehead atoms. The first-order valence-electron chi connectivity index (χ1n) is 8.77. The van der Waals surface area contributed by atoms with Crippen LogP contribution in [-0.2, 0) is 12.8 Å². The van der Waals surface area contributed by atoms with Crippen molar-refractivity contribution in [1.82, 2.24) is 14.8 Å². The van der Waals surface area contributed by atoms with E-state index in [2.05, 4.69) is 16.3 Å². The van der Waals surface area contributed by atoms with Crippen molar-refractivity contribution in [3.05, 3.63) is 59.9 Å². The smallest absolute Gasteiger partial charge is 0.416 e. The van der Waals surface area contributed by atoms with Gasteiger partial charge in [-0.15, -0.1) is 10.2 Å². The van der Waals surface area contributed by atoms with Gasteiger partial charge in [0.15, 0.2) is 11.0 Å². The van der Waals surface area contributed by atoms with Gasteiger partial charge in [-0.1, -0.05) is 17.8 Å². The van der Waals surface area contributed by atoms with Crippen molar-refractivity contribution >= 4 is 11.8 Å². The summed E-state index contributed by atoms with van der Waals surface area (Å²) in [6, 6.07) is 13.8. The van der Waals surface area contributed by atoms with Gasteiger partial charge in [-0.05, 0) is 49.4 Å². The summed E-state index contributed by atoms with van der Waals surface area (Å²) >= 11 is 1.10. The number of hydrogen-bond donors (Lipinski definition) is 0. The number of methoxy groups -OCH3 is 1. The van der Waals surface area contributed by atoms with E-state index in [1.807, 2.05) is 0 Å². The topological polar surface area (TPSA) is 73.0 Å². The summed E-state index contributed by atoms with van der Waals surface area (Å²) in [6.45, 7) is 1.64. The van der Waals surface area contributed by atoms with Crippen LogP contribution in [0.3, 0.4) is 0 Å². The molecule has 0 N–H and O–H groups in total. The van der Waals surface area contributed by atoms with Gasteiger partial charge in [-0.25, -0.2) is 0 Å². The Morgan fingerprint density at radius 3 is 2.47 bits per heavy atom. The van der Waals surface area contributed by atoms with Crippen molar-refractivity contribution in [2.45, 2.75) is 30.1 Å². The quantitative estimate of drug-likeness (QED) is 0.494. The Balaban J connectivity index is 1.94. The second-order valence-electron chi connectivity index (χ2n) is 6.14. The average Bonchev–Trinajstić information content (AvgIpc) is 3.14. The molecule has 0 aliphatic heterocycles. The molecule has 1 aromatic heterocycles. The number of halogens is 3. The first-order chi connectivity index (χ1) is 14.3. The van der Waals surface area contributed by atoms with E-state index in [1.165, 1.54) is 16.7 Å². The van der Waals surface area contributed by atoms with Crippen LogP contribution >= 0.6 is 11.8 Å². The molecule has 0 spiro atoms. The normalized spacial score (nSPS) is 12.3. The molecule has 0 aliphatic carbocycles. The fourth-order valence-electron chi connectivity index (χ4n) is 2.56. The van der Waals surface area contributed by atoms with E-state index in [4.69, 9.17) is 14.7 Å². The molecule has 30 heavy (non-hydrogen) atoms. The first kappa shape index (κ1) is 21.5. The number of ether oxygens (including phenoxy) is 2. The molecule has 1 unspecified atom stereocenters. The number of nitrogens with zero attached hydrogens (tertiary/aromatic N) is 4. The standard InChI is InChI=1S/C20H17F3N4O2S/c1-13(11-24)30-19-26-25-18(12-29-17-8-6-16(28-2)7-9-17)27(19)15-5-3-4-14(10-15)20(21,22)23/h3-10,13H,12H2,1-2H3. The number of benzene rings is 2. The van der Waals surface area contributed by atoms with Crippen molar-refractivity contribution in [3.8, 4) is 23.3 Å². The summed E-state index contributed by atoms with van der Waals surface area (Å²) in [5.74, 6) is 1.51. The maximum absolute atomic E-state index is 13.2. The molecule has 1 heterocycles. The van der Waals surface area contributed by atoms with Crippen LogP contribution < -0.4 is 9.47 Å². The summed E-state index contributed by atoms with van der Waals surface area (Å²) in [6.07, 6.45) is -4.49. The highest BCUT2D eigenvalue weighted by molar-refractivity contribution is 8.00. The number of alkyl halides is 3. The SMILES string of the molecule is COc1ccc(OCc2nnc(SC(C)C#N)n2-c2cccc(C(F)(F)F)c2)cc1. The monoisotopic (exact) mass is 434 g/mol. The minimum absolute atomic E-state index is 0.0307. The summed E-state index contributed by atoms with van der Waals surface area (Å²) < 4.78 is 51.8. The summed E-state index contributed by atoms with van der Waals surface area (Å²) in [5.41, 5.74) is -0.559. The number of nitriles is 1. The predicted molar refractivity (Wildman–Crippen MR) is 105 cm³/mol. The maximum Gasteiger partial charge on any atom is 0.416 e. The Hall–Kier alpha value is -3.19. The third-order valence-corrected chi connectivity index (χ3v) is 4.96. The average molecular weight is 434 g/mol. The Morgan fingerprint density at radius 1 is 1.13 bits per heavy atom. The molecular formula is C20H17F3N4O2S. The van der Waals surface area contributed by atoms with E-state index in [0.717, 1.165) is 23.9 Å². The molecule has 0 saturated heterocycles. The van der Waals surface area contributed by atoms with E-state index in [9.17, 15) is 13.2 Å². The molecule has 1 atom stereocenters. The van der Waals surface area contributed by atoms with E-state index < -0.39 is 17.0 Å². The molecular weight excluding hydrogens is 417 g/mol. The third kappa shape index (κ3) is 5.04. The highest BCUT2D eigenvalue weighted by Gasteiger charge is 2.31. The highest BCUT2D eigenvalue weighted by atomic mass is 32.2. The van der Waals surface area contributed by atoms with Gasteiger partial charge in [0, 0.05) is 0 Å². The first-order valence-corrected chi connectivity index (χ1v) is 9.65. The summed E-state index contributed by atoms with van der Waals surface area (Å²) in [7, 11) is 1.55. The van der Waals surface area contributed by atoms with Gasteiger partial charge in [-0.3, -0.25) is 4.57 Å². The van der Waals surface area contributed by atoms with E-state index in [1.54, 1.807) is 38.3 Å². The number of aromatic nitrogens is 3. The predicted octanol–water partition coefficient (Wildman–Crippen LogP) is 4.88. The zero-order valence-corrected chi connectivity index (χ0v) is 16.9. The number of rotatable bonds is 7. The Bertz CT molecular complexity index is 1050. The van der Waals surface area contributed by atoms with Crippen LogP contribution in [0.5, 0.6) is 11.5 Å². The molecule has 156 valence electrons. The van der Waals surface area contributed by atoms with Crippen LogP contribution in [-0.4, -0.2) is 27.1 Å². The van der Waals surface area contributed by atoms with Crippen LogP contribution in [0.4, 0.5) is 13.2 Å². The van der Waals surface area contributed by atoms with E-state index >= 15 is 0 Å². The van der Waals surface area contributed by atoms with Gasteiger partial charge in [0.1, 0.15) is 18.1 Å². The fourth-order valence-corrected chi connectivity index (χ4v) is 3.33. The Labute approximate surface area is 175 Å². The zero-order valence-electron chi connectivity index (χ0n) is 16.1. The van der Waals surface area contributed by atoms with E-state index in [0.29, 0.717) is 22.5 Å². The van der Waals surface area contributed by atoms with Crippen LogP contribution in [0.25, 0.3) is 5.69 Å². The molecule has 0 saturated carbocycles. The fraction of sp³-hybridized carbons (Fsp3) is 0.250. The van der Waals surface area contributed by atoms with Gasteiger partial charge < -0.3 is 9.47 Å². The maximum atomic E-state index is 13.2. The lowest BCUT2D eigenvalue weighted by molar-refractivity contribution is -0.137. The van der Waals surface area contributed by atoms with Gasteiger partial charge in [0.25, 0.3) is 0 Å². The molecule has 0 amide bonds. The third-order valence-electron chi connectivity index (χ3n) is 4.02. The molecule has 3 rings (SSSR count). The van der Waals surface area contributed by atoms with Crippen LogP contribution in [0.1, 0.15) is 18.3 Å². The number of thioether (sulfide) groups is 1. The lowest BCUT2D eigenvalue weighted by Crippen LogP contribution is -2.10. The van der Waals surface area contributed by atoms with Gasteiger partial charge in [-0.2, -0.15) is 18.4 Å². The lowest BCUT2D eigenvalue weighted by atomic mass is 10.2. The molecule has 10 heteroatoms. The minimum atomic E-state index is -4.49. The van der Waals surface area contributed by atoms with Gasteiger partial charge in [0.05, 0.1) is 29.7 Å². The Kier molecular flexibility index (Phi) is 6.52. The lowest BCUT2D eigenvalue weighted by Gasteiger charge is -2.14. The van der Waals surface area contributed by atoms with Crippen molar-refractivity contribution in [1.29, 1.82) is 5.26 Å². The summed E-state index contributed by atoms with van der Waals surface area (Å²) in [4.78, 5) is 0. The second-order valence-corrected chi connectivity index (χ2v) is 7.44. The molecule has 2 aromatic carbocycles. The second kappa shape index (κ2) is 9.09. The van der Waals surface area contributed by atoms with Crippen LogP contribution in [0.15, 0.2) is 53.7 Å².